The van der Waals surface area contributed by atoms with Crippen LogP contribution in [0.25, 0.3) is 0 Å². The lowest BCUT2D eigenvalue weighted by molar-refractivity contribution is 0.0947. The van der Waals surface area contributed by atoms with E-state index in [4.69, 9.17) is 16.3 Å². The van der Waals surface area contributed by atoms with Crippen LogP contribution in [0, 0.1) is 5.92 Å². The van der Waals surface area contributed by atoms with Crippen molar-refractivity contribution in [1.82, 2.24) is 5.32 Å². The van der Waals surface area contributed by atoms with Crippen molar-refractivity contribution in [2.24, 2.45) is 5.92 Å². The van der Waals surface area contributed by atoms with Gasteiger partial charge in [-0.05, 0) is 50.4 Å². The van der Waals surface area contributed by atoms with E-state index in [-0.39, 0.29) is 6.10 Å². The van der Waals surface area contributed by atoms with Gasteiger partial charge in [-0.15, -0.1) is 0 Å². The summed E-state index contributed by atoms with van der Waals surface area (Å²) in [6, 6.07) is 8.09. The Balaban J connectivity index is 2.62. The zero-order chi connectivity index (χ0) is 13.4. The molecule has 0 aliphatic rings. The Hall–Kier alpha value is -0.570. The number of hydrogen-bond acceptors (Lipinski definition) is 2. The van der Waals surface area contributed by atoms with Gasteiger partial charge in [-0.3, -0.25) is 0 Å². The predicted molar refractivity (Wildman–Crippen MR) is 78.3 cm³/mol. The molecule has 0 radical (unpaired) electrons. The fourth-order valence-electron chi connectivity index (χ4n) is 2.13. The first-order chi connectivity index (χ1) is 8.67. The highest BCUT2D eigenvalue weighted by Crippen LogP contribution is 2.21. The number of halogens is 1. The molecule has 0 aliphatic carbocycles. The maximum absolute atomic E-state index is 6.22. The summed E-state index contributed by atoms with van der Waals surface area (Å²) >= 11 is 6.22. The maximum Gasteiger partial charge on any atom is 0.0546 e. The smallest absolute Gasteiger partial charge is 0.0546 e. The molecule has 18 heavy (non-hydrogen) atoms. The highest BCUT2D eigenvalue weighted by atomic mass is 35.5. The molecule has 3 heteroatoms. The Morgan fingerprint density at radius 1 is 1.33 bits per heavy atom. The Morgan fingerprint density at radius 2 is 2.06 bits per heavy atom. The van der Waals surface area contributed by atoms with Crippen molar-refractivity contribution in [3.05, 3.63) is 34.9 Å². The fourth-order valence-corrected chi connectivity index (χ4v) is 2.34. The third-order valence-corrected chi connectivity index (χ3v) is 3.59. The van der Waals surface area contributed by atoms with Crippen LogP contribution in [0.2, 0.25) is 5.02 Å². The van der Waals surface area contributed by atoms with Crippen LogP contribution in [0.1, 0.15) is 25.8 Å². The molecule has 0 aliphatic heterocycles. The van der Waals surface area contributed by atoms with Gasteiger partial charge in [0.05, 0.1) is 6.10 Å². The highest BCUT2D eigenvalue weighted by Gasteiger charge is 2.14. The van der Waals surface area contributed by atoms with Crippen LogP contribution in [0.5, 0.6) is 0 Å². The van der Waals surface area contributed by atoms with Crippen molar-refractivity contribution in [3.8, 4) is 0 Å². The lowest BCUT2D eigenvalue weighted by atomic mass is 9.94. The Bertz CT molecular complexity index is 343. The summed E-state index contributed by atoms with van der Waals surface area (Å²) in [7, 11) is 1.77. The fraction of sp³-hybridized carbons (Fsp3) is 0.600. The van der Waals surface area contributed by atoms with Gasteiger partial charge in [-0.25, -0.2) is 0 Å². The SMILES string of the molecule is CCNCC(Cc1ccccc1Cl)CC(C)OC. The van der Waals surface area contributed by atoms with Crippen LogP contribution in [-0.2, 0) is 11.2 Å². The molecule has 0 amide bonds. The third-order valence-electron chi connectivity index (χ3n) is 3.22. The van der Waals surface area contributed by atoms with Crippen LogP contribution in [-0.4, -0.2) is 26.3 Å². The second-order valence-corrected chi connectivity index (χ2v) is 5.16. The molecule has 2 unspecified atom stereocenters. The topological polar surface area (TPSA) is 21.3 Å². The standard InChI is InChI=1S/C15H24ClNO/c1-4-17-11-13(9-12(2)18-3)10-14-7-5-6-8-15(14)16/h5-8,12-13,17H,4,9-11H2,1-3H3. The van der Waals surface area contributed by atoms with E-state index in [9.17, 15) is 0 Å². The average molecular weight is 270 g/mol. The van der Waals surface area contributed by atoms with Crippen LogP contribution < -0.4 is 5.32 Å². The summed E-state index contributed by atoms with van der Waals surface area (Å²) in [5.74, 6) is 0.555. The average Bonchev–Trinajstić information content (AvgIpc) is 2.38. The van der Waals surface area contributed by atoms with Crippen LogP contribution in [0.4, 0.5) is 0 Å². The molecular weight excluding hydrogens is 246 g/mol. The first-order valence-electron chi connectivity index (χ1n) is 6.64. The van der Waals surface area contributed by atoms with E-state index in [2.05, 4.69) is 25.2 Å². The summed E-state index contributed by atoms with van der Waals surface area (Å²) in [6.45, 7) is 6.26. The highest BCUT2D eigenvalue weighted by molar-refractivity contribution is 6.31. The van der Waals surface area contributed by atoms with E-state index in [1.165, 1.54) is 5.56 Å². The second-order valence-electron chi connectivity index (χ2n) is 4.75. The molecule has 1 aromatic carbocycles. The summed E-state index contributed by atoms with van der Waals surface area (Å²) in [4.78, 5) is 0. The molecule has 1 N–H and O–H groups in total. The van der Waals surface area contributed by atoms with Gasteiger partial charge in [-0.1, -0.05) is 36.7 Å². The van der Waals surface area contributed by atoms with Gasteiger partial charge in [0.15, 0.2) is 0 Å². The van der Waals surface area contributed by atoms with Crippen molar-refractivity contribution in [1.29, 1.82) is 0 Å². The Morgan fingerprint density at radius 3 is 2.67 bits per heavy atom. The van der Waals surface area contributed by atoms with Gasteiger partial charge >= 0.3 is 0 Å². The summed E-state index contributed by atoms with van der Waals surface area (Å²) in [5, 5.41) is 4.28. The van der Waals surface area contributed by atoms with E-state index in [0.717, 1.165) is 31.0 Å². The Labute approximate surface area is 116 Å². The minimum absolute atomic E-state index is 0.288. The lowest BCUT2D eigenvalue weighted by Gasteiger charge is -2.21. The van der Waals surface area contributed by atoms with Crippen LogP contribution >= 0.6 is 11.6 Å². The van der Waals surface area contributed by atoms with Crippen molar-refractivity contribution < 1.29 is 4.74 Å². The summed E-state index contributed by atoms with van der Waals surface area (Å²) in [5.41, 5.74) is 1.23. The zero-order valence-corrected chi connectivity index (χ0v) is 12.3. The molecule has 0 heterocycles. The van der Waals surface area contributed by atoms with E-state index < -0.39 is 0 Å². The predicted octanol–water partition coefficient (Wildman–Crippen LogP) is 3.53. The number of benzene rings is 1. The first-order valence-corrected chi connectivity index (χ1v) is 7.02. The van der Waals surface area contributed by atoms with Crippen LogP contribution in [0.3, 0.4) is 0 Å². The molecule has 0 saturated carbocycles. The number of nitrogens with one attached hydrogen (secondary N) is 1. The molecule has 102 valence electrons. The number of hydrogen-bond donors (Lipinski definition) is 1. The Kier molecular flexibility index (Phi) is 7.33. The molecule has 0 fully saturated rings. The second kappa shape index (κ2) is 8.52. The van der Waals surface area contributed by atoms with Crippen molar-refractivity contribution in [3.63, 3.8) is 0 Å². The number of methoxy groups -OCH3 is 1. The van der Waals surface area contributed by atoms with Crippen molar-refractivity contribution >= 4 is 11.6 Å². The summed E-state index contributed by atoms with van der Waals surface area (Å²) < 4.78 is 5.37. The van der Waals surface area contributed by atoms with E-state index in [0.29, 0.717) is 5.92 Å². The van der Waals surface area contributed by atoms with Gasteiger partial charge < -0.3 is 10.1 Å². The van der Waals surface area contributed by atoms with Gasteiger partial charge in [0, 0.05) is 12.1 Å². The quantitative estimate of drug-likeness (QED) is 0.780. The van der Waals surface area contributed by atoms with Gasteiger partial charge in [0.25, 0.3) is 0 Å². The molecule has 2 atom stereocenters. The van der Waals surface area contributed by atoms with E-state index in [1.807, 2.05) is 18.2 Å². The number of ether oxygens (including phenoxy) is 1. The molecule has 1 rings (SSSR count). The largest absolute Gasteiger partial charge is 0.382 e. The van der Waals surface area contributed by atoms with E-state index in [1.54, 1.807) is 7.11 Å². The van der Waals surface area contributed by atoms with Gasteiger partial charge in [0.1, 0.15) is 0 Å². The van der Waals surface area contributed by atoms with E-state index >= 15 is 0 Å². The van der Waals surface area contributed by atoms with Gasteiger partial charge in [0.2, 0.25) is 0 Å². The molecule has 1 aromatic rings. The zero-order valence-electron chi connectivity index (χ0n) is 11.6. The molecule has 0 bridgehead atoms. The minimum atomic E-state index is 0.288. The molecule has 0 spiro atoms. The molecule has 0 saturated heterocycles. The molecule has 0 aromatic heterocycles. The monoisotopic (exact) mass is 269 g/mol. The maximum atomic E-state index is 6.22. The van der Waals surface area contributed by atoms with Gasteiger partial charge in [-0.2, -0.15) is 0 Å². The first kappa shape index (κ1) is 15.5. The third kappa shape index (κ3) is 5.38. The molecular formula is C15H24ClNO. The van der Waals surface area contributed by atoms with Crippen molar-refractivity contribution in [2.75, 3.05) is 20.2 Å². The minimum Gasteiger partial charge on any atom is -0.382 e. The molecule has 2 nitrogen and oxygen atoms in total. The summed E-state index contributed by atoms with van der Waals surface area (Å²) in [6.07, 6.45) is 2.34. The van der Waals surface area contributed by atoms with Crippen LogP contribution in [0.15, 0.2) is 24.3 Å². The normalized spacial score (nSPS) is 14.4. The lowest BCUT2D eigenvalue weighted by Crippen LogP contribution is -2.27. The number of rotatable bonds is 8. The van der Waals surface area contributed by atoms with Crippen molar-refractivity contribution in [2.45, 2.75) is 32.8 Å².